The topological polar surface area (TPSA) is 22.4 Å². The quantitative estimate of drug-likeness (QED) is 0.0515. The first-order valence-electron chi connectivity index (χ1n) is 33.5. The van der Waals surface area contributed by atoms with Crippen molar-refractivity contribution in [2.45, 2.75) is 141 Å². The lowest BCUT2D eigenvalue weighted by molar-refractivity contribution is -0.364. The number of benzene rings is 5. The molecule has 0 unspecified atom stereocenters. The van der Waals surface area contributed by atoms with Crippen LogP contribution in [0.5, 0.6) is 0 Å². The molecular weight excluding hydrogens is 1150 g/mol. The molecule has 0 radical (unpaired) electrons. The molecule has 11 rings (SSSR count). The summed E-state index contributed by atoms with van der Waals surface area (Å²) < 4.78 is 74.8. The second-order valence-corrected chi connectivity index (χ2v) is 25.4. The first-order chi connectivity index (χ1) is 44.8. The van der Waals surface area contributed by atoms with Gasteiger partial charge in [-0.2, -0.15) is 0 Å². The van der Waals surface area contributed by atoms with Crippen LogP contribution in [-0.4, -0.2) is 69.5 Å². The molecule has 93 heavy (non-hydrogen) atoms. The van der Waals surface area contributed by atoms with E-state index in [0.29, 0.717) is 84.6 Å². The molecule has 0 saturated heterocycles. The summed E-state index contributed by atoms with van der Waals surface area (Å²) in [4.78, 5) is 4.92. The van der Waals surface area contributed by atoms with Gasteiger partial charge in [0.15, 0.2) is 11.4 Å². The van der Waals surface area contributed by atoms with Crippen LogP contribution >= 0.6 is 0 Å². The number of fused-ring (bicyclic) bond motifs is 4. The smallest absolute Gasteiger partial charge is 0.393 e. The van der Waals surface area contributed by atoms with E-state index in [0.717, 1.165) is 128 Å². The van der Waals surface area contributed by atoms with Crippen LogP contribution in [-0.2, 0) is 6.42 Å². The van der Waals surface area contributed by atoms with Gasteiger partial charge in [-0.25, -0.2) is 0 Å². The molecule has 0 N–H and O–H groups in total. The molecule has 0 spiro atoms. The van der Waals surface area contributed by atoms with Gasteiger partial charge in [0.1, 0.15) is 11.4 Å². The molecule has 6 heterocycles. The standard InChI is InChI=1S/C81H84B2F4N6/c1-13-17-48-88(49-18-14-2)72-43-36-64(37-44-72)34-40-69-54-68(32-27-33-74-60(9)80-76(66-28-23-21-24-29-66)78-56(5)52-58(7)90(78)82(84,85)92(80)62(74)11)71(55-70(69)41-35-65-38-45-73(46-39-65)89(50-19-15-3)51-20-16-4)42-47-75-61(10)81-77(67-30-25-22-26-31-67)79-57(6)53-59(8)91(79)83(86,87)93(81)63(75)12/h21-26,28-31,36-39,43-46,52-55H,13-20,32,48-51H2,1-12H3. The number of hydrogen-bond acceptors (Lipinski definition) is 2. The summed E-state index contributed by atoms with van der Waals surface area (Å²) in [5, 5.41) is 0. The Bertz CT molecular complexity index is 4540. The fourth-order valence-corrected chi connectivity index (χ4v) is 14.2. The lowest BCUT2D eigenvalue weighted by Crippen LogP contribution is -2.51. The molecule has 4 aliphatic rings. The van der Waals surface area contributed by atoms with Gasteiger partial charge in [-0.1, -0.05) is 161 Å². The van der Waals surface area contributed by atoms with Gasteiger partial charge in [-0.15, -0.1) is 0 Å². The second-order valence-electron chi connectivity index (χ2n) is 25.4. The van der Waals surface area contributed by atoms with Crippen LogP contribution in [0.1, 0.15) is 185 Å². The number of anilines is 2. The van der Waals surface area contributed by atoms with E-state index in [-0.39, 0.29) is 6.42 Å². The minimum absolute atomic E-state index is 0.153. The lowest BCUT2D eigenvalue weighted by Gasteiger charge is -2.34. The zero-order valence-electron chi connectivity index (χ0n) is 56.2. The van der Waals surface area contributed by atoms with Gasteiger partial charge >= 0.3 is 13.9 Å². The number of allylic oxidation sites excluding steroid dienone is 4. The molecule has 0 amide bonds. The third kappa shape index (κ3) is 12.5. The number of aromatic nitrogens is 2. The highest BCUT2D eigenvalue weighted by Gasteiger charge is 2.58. The molecule has 0 bridgehead atoms. The van der Waals surface area contributed by atoms with Gasteiger partial charge in [0.25, 0.3) is 0 Å². The van der Waals surface area contributed by atoms with Gasteiger partial charge < -0.3 is 45.0 Å². The first kappa shape index (κ1) is 65.2. The van der Waals surface area contributed by atoms with Gasteiger partial charge in [0.2, 0.25) is 0 Å². The van der Waals surface area contributed by atoms with Crippen molar-refractivity contribution in [1.82, 2.24) is 8.96 Å². The van der Waals surface area contributed by atoms with Crippen LogP contribution in [0.15, 0.2) is 167 Å². The van der Waals surface area contributed by atoms with E-state index in [4.69, 9.17) is 0 Å². The number of rotatable bonds is 17. The zero-order valence-corrected chi connectivity index (χ0v) is 56.2. The van der Waals surface area contributed by atoms with E-state index in [9.17, 15) is 0 Å². The predicted octanol–water partition coefficient (Wildman–Crippen LogP) is 18.0. The average molecular weight is 1240 g/mol. The van der Waals surface area contributed by atoms with Crippen molar-refractivity contribution in [3.63, 3.8) is 0 Å². The Kier molecular flexibility index (Phi) is 19.2. The largest absolute Gasteiger partial charge is 0.737 e. The molecule has 12 heteroatoms. The molecule has 0 saturated carbocycles. The minimum atomic E-state index is -4.34. The van der Waals surface area contributed by atoms with Crippen molar-refractivity contribution < 1.29 is 26.2 Å². The number of aryl methyl sites for hydroxylation is 4. The monoisotopic (exact) mass is 1240 g/mol. The normalized spacial score (nSPS) is 15.0. The Morgan fingerprint density at radius 1 is 0.419 bits per heavy atom. The maximum absolute atomic E-state index is 17.5. The average Bonchev–Trinajstić information content (AvgIpc) is 1.57. The Labute approximate surface area is 550 Å². The Balaban J connectivity index is 1.09. The Hall–Kier alpha value is -9.35. The van der Waals surface area contributed by atoms with E-state index in [1.54, 1.807) is 27.7 Å². The Morgan fingerprint density at radius 2 is 0.796 bits per heavy atom. The summed E-state index contributed by atoms with van der Waals surface area (Å²) in [5.41, 5.74) is 17.3. The molecule has 472 valence electrons. The van der Waals surface area contributed by atoms with Crippen LogP contribution in [0.3, 0.4) is 0 Å². The summed E-state index contributed by atoms with van der Waals surface area (Å²) >= 11 is 0. The van der Waals surface area contributed by atoms with E-state index in [1.807, 2.05) is 113 Å². The van der Waals surface area contributed by atoms with Gasteiger partial charge in [0.05, 0.1) is 22.3 Å². The van der Waals surface area contributed by atoms with Crippen LogP contribution in [0.4, 0.5) is 28.6 Å². The molecular formula is C81H84B2F4N6. The van der Waals surface area contributed by atoms with E-state index in [2.05, 4.69) is 133 Å². The fourth-order valence-electron chi connectivity index (χ4n) is 14.2. The van der Waals surface area contributed by atoms with Gasteiger partial charge in [-0.3, -0.25) is 0 Å². The number of hydrogen-bond donors (Lipinski definition) is 0. The van der Waals surface area contributed by atoms with Crippen LogP contribution in [0.2, 0.25) is 0 Å². The van der Waals surface area contributed by atoms with Crippen LogP contribution < -0.4 is 9.80 Å². The van der Waals surface area contributed by atoms with Crippen molar-refractivity contribution in [3.8, 4) is 47.4 Å². The summed E-state index contributed by atoms with van der Waals surface area (Å²) in [6.07, 6.45) is 9.06. The Morgan fingerprint density at radius 3 is 1.19 bits per heavy atom. The molecule has 2 aromatic heterocycles. The highest BCUT2D eigenvalue weighted by atomic mass is 19.3. The summed E-state index contributed by atoms with van der Waals surface area (Å²) in [6, 6.07) is 44.1. The molecule has 7 aromatic rings. The van der Waals surface area contributed by atoms with E-state index >= 15 is 17.3 Å². The molecule has 0 aliphatic carbocycles. The SMILES string of the molecule is CCCCN(CCCC)c1ccc(C#Cc2cc(C#CC3=C(C)C4=C(c5ccccc5)c5c(C)cc(C)n5[B-](F)(F)[N+]4=C3C)c(CC#CC3=C(C)C4=C(c5ccccc5)c5c(C)cc(C)n5[B-](F)(F)[N+]4=C3C)cc2C#Cc2ccc(N(CCCC)CCCC)cc2)cc1. The van der Waals surface area contributed by atoms with Gasteiger partial charge in [-0.05, 0) is 179 Å². The number of nitrogens with zero attached hydrogens (tertiary/aromatic N) is 6. The van der Waals surface area contributed by atoms with E-state index in [1.165, 1.54) is 29.3 Å². The molecule has 5 aromatic carbocycles. The maximum atomic E-state index is 17.5. The summed E-state index contributed by atoms with van der Waals surface area (Å²) in [5.74, 6) is 27.9. The van der Waals surface area contributed by atoms with Crippen LogP contribution in [0.25, 0.3) is 11.1 Å². The first-order valence-corrected chi connectivity index (χ1v) is 33.5. The van der Waals surface area contributed by atoms with Crippen molar-refractivity contribution in [2.75, 3.05) is 36.0 Å². The van der Waals surface area contributed by atoms with Crippen LogP contribution in [0, 0.1) is 75.1 Å². The maximum Gasteiger partial charge on any atom is 0.737 e. The lowest BCUT2D eigenvalue weighted by atomic mass is 9.84. The minimum Gasteiger partial charge on any atom is -0.393 e. The summed E-state index contributed by atoms with van der Waals surface area (Å²) in [7, 11) is 0. The highest BCUT2D eigenvalue weighted by Crippen LogP contribution is 2.47. The van der Waals surface area contributed by atoms with Crippen molar-refractivity contribution in [1.29, 1.82) is 0 Å². The van der Waals surface area contributed by atoms with Crippen molar-refractivity contribution >= 4 is 47.9 Å². The number of halogens is 4. The fraction of sp³-hybridized carbons (Fsp3) is 0.309. The molecule has 0 atom stereocenters. The van der Waals surface area contributed by atoms with Gasteiger partial charge in [0, 0.05) is 108 Å². The molecule has 0 fully saturated rings. The molecule has 4 aliphatic heterocycles. The molecule has 6 nitrogen and oxygen atoms in total. The van der Waals surface area contributed by atoms with Crippen molar-refractivity contribution in [2.24, 2.45) is 0 Å². The second kappa shape index (κ2) is 27.5. The third-order valence-electron chi connectivity index (χ3n) is 18.9. The summed E-state index contributed by atoms with van der Waals surface area (Å²) in [6.45, 7) is 18.8. The zero-order chi connectivity index (χ0) is 65.9. The number of unbranched alkanes of at least 4 members (excludes halogenated alkanes) is 4. The third-order valence-corrected chi connectivity index (χ3v) is 18.9. The highest BCUT2D eigenvalue weighted by molar-refractivity contribution is 6.59. The predicted molar refractivity (Wildman–Crippen MR) is 380 cm³/mol. The van der Waals surface area contributed by atoms with Crippen molar-refractivity contribution in [3.05, 3.63) is 246 Å². The van der Waals surface area contributed by atoms with E-state index < -0.39 is 13.9 Å².